The molecule has 0 amide bonds. The van der Waals surface area contributed by atoms with Crippen molar-refractivity contribution in [3.05, 3.63) is 30.4 Å². The van der Waals surface area contributed by atoms with Crippen LogP contribution in [-0.2, 0) is 0 Å². The lowest BCUT2D eigenvalue weighted by Crippen LogP contribution is -2.44. The van der Waals surface area contributed by atoms with Crippen molar-refractivity contribution in [2.45, 2.75) is 6.04 Å². The molecule has 0 aliphatic carbocycles. The normalized spacial score (nSPS) is 15.9. The van der Waals surface area contributed by atoms with Crippen molar-refractivity contribution >= 4 is 24.8 Å². The highest BCUT2D eigenvalue weighted by atomic mass is 35.5. The van der Waals surface area contributed by atoms with Gasteiger partial charge in [0, 0.05) is 26.2 Å². The number of nitrogens with one attached hydrogen (secondary N) is 1. The second kappa shape index (κ2) is 9.79. The van der Waals surface area contributed by atoms with E-state index in [4.69, 9.17) is 9.47 Å². The molecular weight excluding hydrogens is 327 g/mol. The molecule has 7 heteroatoms. The maximum Gasteiger partial charge on any atom is 0.200 e. The summed E-state index contributed by atoms with van der Waals surface area (Å²) in [6, 6.07) is 3.76. The van der Waals surface area contributed by atoms with E-state index in [1.807, 2.05) is 18.2 Å². The van der Waals surface area contributed by atoms with Crippen molar-refractivity contribution in [3.8, 4) is 17.2 Å². The van der Waals surface area contributed by atoms with Gasteiger partial charge in [-0.15, -0.1) is 31.4 Å². The van der Waals surface area contributed by atoms with Crippen LogP contribution >= 0.6 is 24.8 Å². The predicted octanol–water partition coefficient (Wildman–Crippen LogP) is 2.39. The zero-order valence-electron chi connectivity index (χ0n) is 12.9. The van der Waals surface area contributed by atoms with E-state index in [2.05, 4.69) is 16.8 Å². The van der Waals surface area contributed by atoms with Gasteiger partial charge in [0.1, 0.15) is 0 Å². The number of nitrogens with zero attached hydrogens (tertiary/aromatic N) is 1. The number of phenolic OH excluding ortho intramolecular Hbond substituents is 1. The summed E-state index contributed by atoms with van der Waals surface area (Å²) in [5, 5.41) is 13.3. The molecule has 126 valence electrons. The van der Waals surface area contributed by atoms with E-state index in [0.717, 1.165) is 31.7 Å². The lowest BCUT2D eigenvalue weighted by atomic mass is 10.0. The highest BCUT2D eigenvalue weighted by molar-refractivity contribution is 5.85. The summed E-state index contributed by atoms with van der Waals surface area (Å²) in [4.78, 5) is 2.34. The summed E-state index contributed by atoms with van der Waals surface area (Å²) < 4.78 is 10.4. The van der Waals surface area contributed by atoms with Crippen LogP contribution in [0.5, 0.6) is 17.2 Å². The van der Waals surface area contributed by atoms with Crippen molar-refractivity contribution in [2.24, 2.45) is 0 Å². The zero-order chi connectivity index (χ0) is 14.5. The minimum absolute atomic E-state index is 0. The van der Waals surface area contributed by atoms with Crippen molar-refractivity contribution in [2.75, 3.05) is 40.4 Å². The van der Waals surface area contributed by atoms with Crippen LogP contribution < -0.4 is 14.8 Å². The highest BCUT2D eigenvalue weighted by Crippen LogP contribution is 2.39. The lowest BCUT2D eigenvalue weighted by Gasteiger charge is -2.33. The van der Waals surface area contributed by atoms with Crippen LogP contribution in [0, 0.1) is 0 Å². The van der Waals surface area contributed by atoms with E-state index in [1.165, 1.54) is 14.2 Å². The Kier molecular flexibility index (Phi) is 9.28. The molecule has 0 bridgehead atoms. The molecule has 1 saturated heterocycles. The Morgan fingerprint density at radius 1 is 1.18 bits per heavy atom. The first-order valence-electron chi connectivity index (χ1n) is 6.73. The third-order valence-electron chi connectivity index (χ3n) is 3.61. The Bertz CT molecular complexity index is 455. The van der Waals surface area contributed by atoms with E-state index in [-0.39, 0.29) is 36.6 Å². The number of benzene rings is 1. The summed E-state index contributed by atoms with van der Waals surface area (Å²) in [5.74, 6) is 0.865. The van der Waals surface area contributed by atoms with Gasteiger partial charge in [-0.3, -0.25) is 4.90 Å². The first-order valence-corrected chi connectivity index (χ1v) is 6.73. The maximum atomic E-state index is 9.98. The van der Waals surface area contributed by atoms with Crippen molar-refractivity contribution < 1.29 is 14.6 Å². The first-order chi connectivity index (χ1) is 9.71. The van der Waals surface area contributed by atoms with E-state index < -0.39 is 0 Å². The fourth-order valence-electron chi connectivity index (χ4n) is 2.54. The topological polar surface area (TPSA) is 54.0 Å². The van der Waals surface area contributed by atoms with Gasteiger partial charge in [0.15, 0.2) is 11.5 Å². The van der Waals surface area contributed by atoms with E-state index in [1.54, 1.807) is 0 Å². The molecule has 5 nitrogen and oxygen atoms in total. The van der Waals surface area contributed by atoms with E-state index >= 15 is 0 Å². The van der Waals surface area contributed by atoms with Crippen LogP contribution in [0.4, 0.5) is 0 Å². The van der Waals surface area contributed by atoms with Crippen LogP contribution in [0.15, 0.2) is 24.8 Å². The third-order valence-corrected chi connectivity index (χ3v) is 3.61. The Morgan fingerprint density at radius 2 is 1.68 bits per heavy atom. The Hall–Kier alpha value is -1.14. The van der Waals surface area contributed by atoms with E-state index in [9.17, 15) is 5.11 Å². The number of rotatable bonds is 5. The van der Waals surface area contributed by atoms with Gasteiger partial charge in [-0.25, -0.2) is 0 Å². The number of hydrogen-bond acceptors (Lipinski definition) is 5. The molecule has 1 aromatic carbocycles. The minimum atomic E-state index is 0. The molecule has 1 atom stereocenters. The fourth-order valence-corrected chi connectivity index (χ4v) is 2.54. The molecule has 1 aromatic rings. The quantitative estimate of drug-likeness (QED) is 0.798. The summed E-state index contributed by atoms with van der Waals surface area (Å²) in [7, 11) is 3.07. The van der Waals surface area contributed by atoms with Crippen molar-refractivity contribution in [3.63, 3.8) is 0 Å². The van der Waals surface area contributed by atoms with Gasteiger partial charge >= 0.3 is 0 Å². The number of halogens is 2. The van der Waals surface area contributed by atoms with Gasteiger partial charge < -0.3 is 19.9 Å². The number of aromatic hydroxyl groups is 1. The minimum Gasteiger partial charge on any atom is -0.502 e. The standard InChI is InChI=1S/C15H22N2O3.2ClH/c1-4-12(17-7-5-16-6-8-17)11-9-13(19-2)15(18)14(10-11)20-3;;/h4,9-10,12,16,18H,1,5-8H2,2-3H3;2*1H/t12-;;/m1../s1. The second-order valence-electron chi connectivity index (χ2n) is 4.74. The van der Waals surface area contributed by atoms with Crippen LogP contribution in [0.2, 0.25) is 0 Å². The van der Waals surface area contributed by atoms with Gasteiger partial charge in [0.05, 0.1) is 20.3 Å². The first kappa shape index (κ1) is 20.9. The molecule has 1 fully saturated rings. The van der Waals surface area contributed by atoms with Gasteiger partial charge in [-0.05, 0) is 17.7 Å². The highest BCUT2D eigenvalue weighted by Gasteiger charge is 2.22. The molecule has 1 aliphatic heterocycles. The zero-order valence-corrected chi connectivity index (χ0v) is 14.5. The van der Waals surface area contributed by atoms with Crippen LogP contribution in [0.3, 0.4) is 0 Å². The molecule has 1 aliphatic rings. The van der Waals surface area contributed by atoms with Gasteiger partial charge in [0.2, 0.25) is 5.75 Å². The molecule has 0 unspecified atom stereocenters. The molecule has 0 radical (unpaired) electrons. The SMILES string of the molecule is C=C[C@H](c1cc(OC)c(O)c(OC)c1)N1CCNCC1.Cl.Cl. The Balaban J connectivity index is 0.00000220. The monoisotopic (exact) mass is 350 g/mol. The summed E-state index contributed by atoms with van der Waals surface area (Å²) in [6.07, 6.45) is 1.91. The number of ether oxygens (including phenoxy) is 2. The average molecular weight is 351 g/mol. The molecule has 2 rings (SSSR count). The van der Waals surface area contributed by atoms with E-state index in [0.29, 0.717) is 11.5 Å². The van der Waals surface area contributed by atoms with Crippen LogP contribution in [-0.4, -0.2) is 50.4 Å². The summed E-state index contributed by atoms with van der Waals surface area (Å²) >= 11 is 0. The smallest absolute Gasteiger partial charge is 0.200 e. The molecule has 0 aromatic heterocycles. The number of hydrogen-bond donors (Lipinski definition) is 2. The maximum absolute atomic E-state index is 9.98. The summed E-state index contributed by atoms with van der Waals surface area (Å²) in [5.41, 5.74) is 1.01. The van der Waals surface area contributed by atoms with Crippen LogP contribution in [0.1, 0.15) is 11.6 Å². The molecular formula is C15H24Cl2N2O3. The van der Waals surface area contributed by atoms with Gasteiger partial charge in [0.25, 0.3) is 0 Å². The number of phenols is 1. The van der Waals surface area contributed by atoms with Gasteiger partial charge in [-0.1, -0.05) is 6.08 Å². The Labute approximate surface area is 144 Å². The second-order valence-corrected chi connectivity index (χ2v) is 4.74. The number of piperazine rings is 1. The summed E-state index contributed by atoms with van der Waals surface area (Å²) in [6.45, 7) is 7.80. The number of methoxy groups -OCH3 is 2. The average Bonchev–Trinajstić information content (AvgIpc) is 2.50. The van der Waals surface area contributed by atoms with Crippen LogP contribution in [0.25, 0.3) is 0 Å². The third kappa shape index (κ3) is 4.43. The van der Waals surface area contributed by atoms with Crippen molar-refractivity contribution in [1.82, 2.24) is 10.2 Å². The fraction of sp³-hybridized carbons (Fsp3) is 0.467. The largest absolute Gasteiger partial charge is 0.502 e. The lowest BCUT2D eigenvalue weighted by molar-refractivity contribution is 0.202. The molecule has 2 N–H and O–H groups in total. The molecule has 0 saturated carbocycles. The molecule has 22 heavy (non-hydrogen) atoms. The van der Waals surface area contributed by atoms with Gasteiger partial charge in [-0.2, -0.15) is 0 Å². The molecule has 0 spiro atoms. The predicted molar refractivity (Wildman–Crippen MR) is 93.1 cm³/mol. The van der Waals surface area contributed by atoms with Crippen molar-refractivity contribution in [1.29, 1.82) is 0 Å². The molecule has 1 heterocycles. The Morgan fingerprint density at radius 3 is 2.09 bits per heavy atom.